The minimum atomic E-state index is -1.86. The van der Waals surface area contributed by atoms with Crippen LogP contribution >= 0.6 is 0 Å². The van der Waals surface area contributed by atoms with Gasteiger partial charge in [0.15, 0.2) is 19.7 Å². The number of nitrogens with two attached hydrogens (primary N) is 1. The summed E-state index contributed by atoms with van der Waals surface area (Å²) in [4.78, 5) is 0. The van der Waals surface area contributed by atoms with Crippen LogP contribution < -0.4 is 5.73 Å². The molecule has 2 saturated heterocycles. The number of ether oxygens (including phenoxy) is 3. The largest absolute Gasteiger partial charge is 0.414 e. The smallest absolute Gasteiger partial charge is 0.192 e. The second kappa shape index (κ2) is 4.76. The molecule has 2 heterocycles. The van der Waals surface area contributed by atoms with E-state index in [1.165, 1.54) is 0 Å². The van der Waals surface area contributed by atoms with Crippen LogP contribution in [0.1, 0.15) is 34.6 Å². The van der Waals surface area contributed by atoms with Crippen LogP contribution in [0.25, 0.3) is 0 Å². The van der Waals surface area contributed by atoms with Gasteiger partial charge >= 0.3 is 0 Å². The van der Waals surface area contributed by atoms with Crippen molar-refractivity contribution in [2.24, 2.45) is 5.73 Å². The SMILES string of the molecule is CC1(C)OC2COC(N)C2(CO[Si](C)(C)C(C)(C)C)O1. The highest BCUT2D eigenvalue weighted by atomic mass is 28.4. The molecule has 0 saturated carbocycles. The normalized spacial score (nSPS) is 37.2. The third-order valence-corrected chi connectivity index (χ3v) is 9.26. The summed E-state index contributed by atoms with van der Waals surface area (Å²) in [6.45, 7) is 15.8. The zero-order chi connectivity index (χ0) is 15.4. The molecule has 2 aliphatic rings. The highest BCUT2D eigenvalue weighted by Crippen LogP contribution is 2.44. The van der Waals surface area contributed by atoms with Crippen LogP contribution in [-0.2, 0) is 18.6 Å². The molecular weight excluding hydrogens is 274 g/mol. The number of hydrogen-bond donors (Lipinski definition) is 1. The lowest BCUT2D eigenvalue weighted by molar-refractivity contribution is -0.202. The summed E-state index contributed by atoms with van der Waals surface area (Å²) in [6, 6.07) is 0. The molecule has 5 nitrogen and oxygen atoms in total. The lowest BCUT2D eigenvalue weighted by atomic mass is 9.99. The lowest BCUT2D eigenvalue weighted by Crippen LogP contribution is -2.56. The second-order valence-corrected chi connectivity index (χ2v) is 12.7. The van der Waals surface area contributed by atoms with Gasteiger partial charge in [0, 0.05) is 0 Å². The quantitative estimate of drug-likeness (QED) is 0.810. The lowest BCUT2D eigenvalue weighted by Gasteiger charge is -2.40. The summed E-state index contributed by atoms with van der Waals surface area (Å²) in [5, 5.41) is 0.150. The van der Waals surface area contributed by atoms with Crippen molar-refractivity contribution in [2.75, 3.05) is 13.2 Å². The van der Waals surface area contributed by atoms with Crippen molar-refractivity contribution in [2.45, 2.75) is 76.5 Å². The highest BCUT2D eigenvalue weighted by molar-refractivity contribution is 6.74. The van der Waals surface area contributed by atoms with E-state index >= 15 is 0 Å². The summed E-state index contributed by atoms with van der Waals surface area (Å²) in [5.74, 6) is -0.636. The molecular formula is C14H29NO4Si. The van der Waals surface area contributed by atoms with Crippen molar-refractivity contribution in [1.29, 1.82) is 0 Å². The molecule has 0 spiro atoms. The summed E-state index contributed by atoms with van der Waals surface area (Å²) >= 11 is 0. The maximum Gasteiger partial charge on any atom is 0.192 e. The second-order valence-electron chi connectivity index (χ2n) is 7.87. The van der Waals surface area contributed by atoms with Gasteiger partial charge in [-0.2, -0.15) is 0 Å². The Hall–Kier alpha value is 0.0169. The van der Waals surface area contributed by atoms with Gasteiger partial charge in [0.05, 0.1) is 13.2 Å². The first-order valence-corrected chi connectivity index (χ1v) is 10.2. The third-order valence-electron chi connectivity index (χ3n) is 4.78. The van der Waals surface area contributed by atoms with E-state index in [1.54, 1.807) is 0 Å². The van der Waals surface area contributed by atoms with Crippen LogP contribution in [0.15, 0.2) is 0 Å². The Morgan fingerprint density at radius 3 is 2.45 bits per heavy atom. The Balaban J connectivity index is 2.14. The zero-order valence-electron chi connectivity index (χ0n) is 13.8. The first-order valence-electron chi connectivity index (χ1n) is 7.29. The number of hydrogen-bond acceptors (Lipinski definition) is 5. The van der Waals surface area contributed by atoms with E-state index in [0.29, 0.717) is 13.2 Å². The van der Waals surface area contributed by atoms with E-state index in [-0.39, 0.29) is 11.1 Å². The van der Waals surface area contributed by atoms with E-state index in [2.05, 4.69) is 33.9 Å². The van der Waals surface area contributed by atoms with Gasteiger partial charge in [-0.15, -0.1) is 0 Å². The van der Waals surface area contributed by atoms with E-state index in [4.69, 9.17) is 24.4 Å². The fraction of sp³-hybridized carbons (Fsp3) is 1.00. The van der Waals surface area contributed by atoms with Crippen LogP contribution in [0.5, 0.6) is 0 Å². The molecule has 0 bridgehead atoms. The fourth-order valence-corrected chi connectivity index (χ4v) is 3.47. The summed E-state index contributed by atoms with van der Waals surface area (Å²) < 4.78 is 23.9. The van der Waals surface area contributed by atoms with Gasteiger partial charge in [-0.3, -0.25) is 0 Å². The van der Waals surface area contributed by atoms with Crippen molar-refractivity contribution in [3.63, 3.8) is 0 Å². The molecule has 0 aliphatic carbocycles. The Morgan fingerprint density at radius 2 is 1.90 bits per heavy atom. The van der Waals surface area contributed by atoms with E-state index < -0.39 is 25.9 Å². The molecule has 2 N–H and O–H groups in total. The van der Waals surface area contributed by atoms with Gasteiger partial charge < -0.3 is 24.4 Å². The van der Waals surface area contributed by atoms with Crippen LogP contribution in [-0.4, -0.2) is 45.3 Å². The first-order chi connectivity index (χ1) is 8.90. The molecule has 2 rings (SSSR count). The maximum atomic E-state index is 6.32. The average Bonchev–Trinajstić information content (AvgIpc) is 2.68. The van der Waals surface area contributed by atoms with Crippen LogP contribution in [0, 0.1) is 0 Å². The van der Waals surface area contributed by atoms with Crippen molar-refractivity contribution >= 4 is 8.32 Å². The minimum Gasteiger partial charge on any atom is -0.414 e. The number of fused-ring (bicyclic) bond motifs is 1. The van der Waals surface area contributed by atoms with E-state index in [0.717, 1.165) is 0 Å². The predicted molar refractivity (Wildman–Crippen MR) is 79.8 cm³/mol. The molecule has 6 heteroatoms. The summed E-state index contributed by atoms with van der Waals surface area (Å²) in [5.41, 5.74) is 5.44. The van der Waals surface area contributed by atoms with Crippen molar-refractivity contribution in [1.82, 2.24) is 0 Å². The molecule has 2 aliphatic heterocycles. The monoisotopic (exact) mass is 303 g/mol. The molecule has 0 amide bonds. The van der Waals surface area contributed by atoms with E-state index in [9.17, 15) is 0 Å². The van der Waals surface area contributed by atoms with Gasteiger partial charge in [0.25, 0.3) is 0 Å². The molecule has 0 aromatic rings. The molecule has 3 atom stereocenters. The molecule has 0 radical (unpaired) electrons. The van der Waals surface area contributed by atoms with Gasteiger partial charge in [-0.1, -0.05) is 20.8 Å². The fourth-order valence-electron chi connectivity index (χ4n) is 2.45. The molecule has 0 aromatic heterocycles. The molecule has 20 heavy (non-hydrogen) atoms. The third kappa shape index (κ3) is 2.69. The Kier molecular flexibility index (Phi) is 3.90. The number of rotatable bonds is 3. The van der Waals surface area contributed by atoms with Crippen LogP contribution in [0.4, 0.5) is 0 Å². The maximum absolute atomic E-state index is 6.32. The van der Waals surface area contributed by atoms with Crippen molar-refractivity contribution in [3.8, 4) is 0 Å². The molecule has 3 unspecified atom stereocenters. The van der Waals surface area contributed by atoms with Crippen molar-refractivity contribution < 1.29 is 18.6 Å². The predicted octanol–water partition coefficient (Wildman–Crippen LogP) is 2.21. The van der Waals surface area contributed by atoms with Gasteiger partial charge in [-0.25, -0.2) is 0 Å². The minimum absolute atomic E-state index is 0.150. The van der Waals surface area contributed by atoms with Gasteiger partial charge in [-0.05, 0) is 32.0 Å². The zero-order valence-corrected chi connectivity index (χ0v) is 14.8. The van der Waals surface area contributed by atoms with E-state index in [1.807, 2.05) is 13.8 Å². The van der Waals surface area contributed by atoms with Gasteiger partial charge in [0.1, 0.15) is 12.3 Å². The van der Waals surface area contributed by atoms with Gasteiger partial charge in [0.2, 0.25) is 0 Å². The van der Waals surface area contributed by atoms with Crippen LogP contribution in [0.3, 0.4) is 0 Å². The highest BCUT2D eigenvalue weighted by Gasteiger charge is 2.62. The Bertz CT molecular complexity index is 380. The summed E-state index contributed by atoms with van der Waals surface area (Å²) in [7, 11) is -1.86. The van der Waals surface area contributed by atoms with Crippen LogP contribution in [0.2, 0.25) is 18.1 Å². The Morgan fingerprint density at radius 1 is 1.30 bits per heavy atom. The Labute approximate surface area is 123 Å². The summed E-state index contributed by atoms with van der Waals surface area (Å²) in [6.07, 6.45) is -0.656. The first kappa shape index (κ1) is 16.4. The standard InChI is InChI=1S/C14H29NO4Si/c1-12(2,3)20(6,7)17-9-14-10(8-16-11(14)15)18-13(4,5)19-14/h10-11H,8-9,15H2,1-7H3. The molecule has 2 fully saturated rings. The topological polar surface area (TPSA) is 62.9 Å². The molecule has 118 valence electrons. The molecule has 0 aromatic carbocycles. The average molecular weight is 303 g/mol. The van der Waals surface area contributed by atoms with Crippen molar-refractivity contribution in [3.05, 3.63) is 0 Å².